The van der Waals surface area contributed by atoms with Crippen molar-refractivity contribution in [2.24, 2.45) is 0 Å². The van der Waals surface area contributed by atoms with Crippen LogP contribution in [0.15, 0.2) is 18.2 Å². The van der Waals surface area contributed by atoms with Gasteiger partial charge in [0.1, 0.15) is 17.6 Å². The third kappa shape index (κ3) is 3.04. The lowest BCUT2D eigenvalue weighted by molar-refractivity contribution is -0.189. The molecule has 1 aromatic rings. The molecule has 1 heterocycles. The molecule has 2 rings (SSSR count). The van der Waals surface area contributed by atoms with Gasteiger partial charge in [-0.3, -0.25) is 4.90 Å². The Kier molecular flexibility index (Phi) is 4.49. The first-order chi connectivity index (χ1) is 9.45. The first kappa shape index (κ1) is 15.1. The maximum Gasteiger partial charge on any atom is 0.408 e. The van der Waals surface area contributed by atoms with E-state index in [1.54, 1.807) is 0 Å². The van der Waals surface area contributed by atoms with Gasteiger partial charge >= 0.3 is 6.18 Å². The van der Waals surface area contributed by atoms with Crippen LogP contribution in [0.5, 0.6) is 5.75 Å². The Morgan fingerprint density at radius 1 is 1.25 bits per heavy atom. The highest BCUT2D eigenvalue weighted by Crippen LogP contribution is 2.42. The topological polar surface area (TPSA) is 24.5 Å². The number of hydrogen-bond donors (Lipinski definition) is 1. The van der Waals surface area contributed by atoms with Crippen molar-refractivity contribution in [3.63, 3.8) is 0 Å². The van der Waals surface area contributed by atoms with Gasteiger partial charge in [0.15, 0.2) is 0 Å². The predicted octanol–water partition coefficient (Wildman–Crippen LogP) is 2.34. The van der Waals surface area contributed by atoms with Crippen LogP contribution in [-0.2, 0) is 0 Å². The zero-order valence-electron chi connectivity index (χ0n) is 11.0. The molecule has 1 aromatic carbocycles. The fraction of sp³-hybridized carbons (Fsp3) is 0.538. The van der Waals surface area contributed by atoms with Gasteiger partial charge in [-0.15, -0.1) is 0 Å². The molecule has 1 aliphatic heterocycles. The summed E-state index contributed by atoms with van der Waals surface area (Å²) in [6.07, 6.45) is -4.56. The largest absolute Gasteiger partial charge is 0.496 e. The van der Waals surface area contributed by atoms with Crippen LogP contribution in [0.4, 0.5) is 17.6 Å². The van der Waals surface area contributed by atoms with E-state index in [-0.39, 0.29) is 18.8 Å². The van der Waals surface area contributed by atoms with Crippen LogP contribution in [0.25, 0.3) is 0 Å². The van der Waals surface area contributed by atoms with Crippen molar-refractivity contribution in [3.05, 3.63) is 29.6 Å². The molecule has 0 bridgehead atoms. The van der Waals surface area contributed by atoms with Gasteiger partial charge in [0, 0.05) is 26.2 Å². The Hall–Kier alpha value is -1.34. The Labute approximate surface area is 114 Å². The van der Waals surface area contributed by atoms with Crippen molar-refractivity contribution in [1.82, 2.24) is 10.2 Å². The minimum atomic E-state index is -4.56. The van der Waals surface area contributed by atoms with E-state index >= 15 is 0 Å². The lowest BCUT2D eigenvalue weighted by atomic mass is 10.0. The van der Waals surface area contributed by atoms with E-state index in [2.05, 4.69) is 5.32 Å². The van der Waals surface area contributed by atoms with E-state index in [0.717, 1.165) is 6.07 Å². The molecule has 7 heteroatoms. The molecule has 112 valence electrons. The molecule has 0 saturated carbocycles. The number of piperazine rings is 1. The first-order valence-corrected chi connectivity index (χ1v) is 6.29. The highest BCUT2D eigenvalue weighted by molar-refractivity contribution is 5.38. The van der Waals surface area contributed by atoms with E-state index in [1.165, 1.54) is 24.1 Å². The quantitative estimate of drug-likeness (QED) is 0.866. The van der Waals surface area contributed by atoms with Crippen molar-refractivity contribution in [3.8, 4) is 5.75 Å². The molecule has 0 spiro atoms. The molecular weight excluding hydrogens is 276 g/mol. The second kappa shape index (κ2) is 5.97. The molecule has 0 aromatic heterocycles. The Balaban J connectivity index is 2.46. The van der Waals surface area contributed by atoms with Crippen LogP contribution in [0.3, 0.4) is 0 Å². The summed E-state index contributed by atoms with van der Waals surface area (Å²) in [7, 11) is 1.24. The number of halogens is 4. The molecule has 0 unspecified atom stereocenters. The zero-order chi connectivity index (χ0) is 14.8. The molecule has 1 atom stereocenters. The van der Waals surface area contributed by atoms with Crippen molar-refractivity contribution >= 4 is 0 Å². The molecule has 1 aliphatic rings. The molecular formula is C13H16F4N2O. The monoisotopic (exact) mass is 292 g/mol. The van der Waals surface area contributed by atoms with Gasteiger partial charge in [-0.2, -0.15) is 13.2 Å². The van der Waals surface area contributed by atoms with Gasteiger partial charge in [0.2, 0.25) is 0 Å². The summed E-state index contributed by atoms with van der Waals surface area (Å²) in [4.78, 5) is 1.23. The van der Waals surface area contributed by atoms with E-state index < -0.39 is 23.6 Å². The smallest absolute Gasteiger partial charge is 0.408 e. The summed E-state index contributed by atoms with van der Waals surface area (Å²) >= 11 is 0. The Morgan fingerprint density at radius 2 is 1.90 bits per heavy atom. The predicted molar refractivity (Wildman–Crippen MR) is 66.2 cm³/mol. The minimum absolute atomic E-state index is 0.0779. The first-order valence-electron chi connectivity index (χ1n) is 6.29. The number of benzene rings is 1. The normalized spacial score (nSPS) is 18.9. The molecule has 3 nitrogen and oxygen atoms in total. The summed E-state index contributed by atoms with van der Waals surface area (Å²) in [5.74, 6) is -0.976. The van der Waals surface area contributed by atoms with Gasteiger partial charge in [0.05, 0.1) is 12.7 Å². The summed E-state index contributed by atoms with van der Waals surface area (Å²) in [6.45, 7) is 1.32. The van der Waals surface area contributed by atoms with Crippen molar-refractivity contribution in [2.75, 3.05) is 33.3 Å². The number of ether oxygens (including phenoxy) is 1. The van der Waals surface area contributed by atoms with Crippen LogP contribution < -0.4 is 10.1 Å². The third-order valence-corrected chi connectivity index (χ3v) is 3.33. The van der Waals surface area contributed by atoms with Crippen molar-refractivity contribution < 1.29 is 22.3 Å². The van der Waals surface area contributed by atoms with E-state index in [1.807, 2.05) is 0 Å². The second-order valence-electron chi connectivity index (χ2n) is 4.59. The Bertz CT molecular complexity index is 458. The number of nitrogens with zero attached hydrogens (tertiary/aromatic N) is 1. The standard InChI is InChI=1S/C13H16F4N2O/c1-20-10-4-2-3-9(14)11(10)12(13(15,16)17)19-7-5-18-6-8-19/h2-4,12,18H,5-8H2,1H3/t12-/m0/s1. The van der Waals surface area contributed by atoms with Gasteiger partial charge in [-0.05, 0) is 12.1 Å². The number of methoxy groups -OCH3 is 1. The van der Waals surface area contributed by atoms with Crippen LogP contribution in [-0.4, -0.2) is 44.4 Å². The fourth-order valence-electron chi connectivity index (χ4n) is 2.45. The molecule has 0 amide bonds. The number of alkyl halides is 3. The van der Waals surface area contributed by atoms with Crippen molar-refractivity contribution in [1.29, 1.82) is 0 Å². The summed E-state index contributed by atoms with van der Waals surface area (Å²) < 4.78 is 59.1. The average molecular weight is 292 g/mol. The van der Waals surface area contributed by atoms with Crippen LogP contribution in [0.2, 0.25) is 0 Å². The van der Waals surface area contributed by atoms with Gasteiger partial charge in [0.25, 0.3) is 0 Å². The lowest BCUT2D eigenvalue weighted by Crippen LogP contribution is -2.49. The Morgan fingerprint density at radius 3 is 2.45 bits per heavy atom. The second-order valence-corrected chi connectivity index (χ2v) is 4.59. The third-order valence-electron chi connectivity index (χ3n) is 3.33. The molecule has 0 radical (unpaired) electrons. The fourth-order valence-corrected chi connectivity index (χ4v) is 2.45. The highest BCUT2D eigenvalue weighted by Gasteiger charge is 2.47. The number of rotatable bonds is 3. The maximum absolute atomic E-state index is 14.0. The van der Waals surface area contributed by atoms with E-state index in [0.29, 0.717) is 13.1 Å². The number of hydrogen-bond acceptors (Lipinski definition) is 3. The minimum Gasteiger partial charge on any atom is -0.496 e. The van der Waals surface area contributed by atoms with Crippen LogP contribution in [0.1, 0.15) is 11.6 Å². The lowest BCUT2D eigenvalue weighted by Gasteiger charge is -2.36. The SMILES string of the molecule is COc1cccc(F)c1[C@H](N1CCNCC1)C(F)(F)F. The zero-order valence-corrected chi connectivity index (χ0v) is 11.0. The van der Waals surface area contributed by atoms with Crippen LogP contribution in [0, 0.1) is 5.82 Å². The van der Waals surface area contributed by atoms with Gasteiger partial charge < -0.3 is 10.1 Å². The average Bonchev–Trinajstić information content (AvgIpc) is 2.40. The highest BCUT2D eigenvalue weighted by atomic mass is 19.4. The van der Waals surface area contributed by atoms with Crippen molar-refractivity contribution in [2.45, 2.75) is 12.2 Å². The molecule has 0 aliphatic carbocycles. The molecule has 1 saturated heterocycles. The van der Waals surface area contributed by atoms with E-state index in [4.69, 9.17) is 4.74 Å². The maximum atomic E-state index is 14.0. The summed E-state index contributed by atoms with van der Waals surface area (Å²) in [5.41, 5.74) is -0.440. The summed E-state index contributed by atoms with van der Waals surface area (Å²) in [5, 5.41) is 2.98. The number of nitrogens with one attached hydrogen (secondary N) is 1. The van der Waals surface area contributed by atoms with Gasteiger partial charge in [-0.25, -0.2) is 4.39 Å². The molecule has 20 heavy (non-hydrogen) atoms. The molecule has 1 N–H and O–H groups in total. The van der Waals surface area contributed by atoms with Crippen LogP contribution >= 0.6 is 0 Å². The van der Waals surface area contributed by atoms with E-state index in [9.17, 15) is 17.6 Å². The molecule has 1 fully saturated rings. The summed E-state index contributed by atoms with van der Waals surface area (Å²) in [6, 6.07) is 1.72. The van der Waals surface area contributed by atoms with Gasteiger partial charge in [-0.1, -0.05) is 6.07 Å².